The van der Waals surface area contributed by atoms with E-state index in [1.807, 2.05) is 91.8 Å². The summed E-state index contributed by atoms with van der Waals surface area (Å²) in [6.07, 6.45) is 24.6. The summed E-state index contributed by atoms with van der Waals surface area (Å²) in [7, 11) is 1.88. The van der Waals surface area contributed by atoms with Crippen molar-refractivity contribution < 1.29 is 0 Å². The molecule has 0 aromatic heterocycles. The van der Waals surface area contributed by atoms with Gasteiger partial charge in [-0.05, 0) is 60.4 Å². The number of likely N-dealkylation sites (N-methyl/N-ethyl adjacent to an activating group) is 1. The number of rotatable bonds is 11. The molecule has 3 heteroatoms. The lowest BCUT2D eigenvalue weighted by atomic mass is 9.93. The Morgan fingerprint density at radius 2 is 1.43 bits per heavy atom. The van der Waals surface area contributed by atoms with Crippen LogP contribution in [0.3, 0.4) is 0 Å². The molecule has 0 aliphatic heterocycles. The van der Waals surface area contributed by atoms with E-state index in [1.54, 1.807) is 12.2 Å². The van der Waals surface area contributed by atoms with Crippen molar-refractivity contribution in [2.45, 2.75) is 13.8 Å². The van der Waals surface area contributed by atoms with Gasteiger partial charge in [0.1, 0.15) is 5.82 Å². The second-order valence-corrected chi connectivity index (χ2v) is 9.39. The fourth-order valence-corrected chi connectivity index (χ4v) is 3.89. The van der Waals surface area contributed by atoms with Gasteiger partial charge in [-0.1, -0.05) is 147 Å². The van der Waals surface area contributed by atoms with E-state index in [-0.39, 0.29) is 0 Å². The van der Waals surface area contributed by atoms with Gasteiger partial charge in [0.05, 0.1) is 0 Å². The average molecular weight is 554 g/mol. The number of hydrogen-bond acceptors (Lipinski definition) is 3. The lowest BCUT2D eigenvalue weighted by Crippen LogP contribution is -2.21. The summed E-state index contributed by atoms with van der Waals surface area (Å²) in [5.41, 5.74) is 20.7. The van der Waals surface area contributed by atoms with Crippen molar-refractivity contribution in [1.82, 2.24) is 4.90 Å². The highest BCUT2D eigenvalue weighted by Gasteiger charge is 2.09. The van der Waals surface area contributed by atoms with Crippen LogP contribution in [0.4, 0.5) is 5.69 Å². The quantitative estimate of drug-likeness (QED) is 0.183. The molecule has 0 aliphatic carbocycles. The van der Waals surface area contributed by atoms with Crippen molar-refractivity contribution in [1.29, 1.82) is 0 Å². The van der Waals surface area contributed by atoms with Crippen molar-refractivity contribution >= 4 is 11.8 Å². The smallest absolute Gasteiger partial charge is 0.103 e. The van der Waals surface area contributed by atoms with Gasteiger partial charge >= 0.3 is 0 Å². The van der Waals surface area contributed by atoms with E-state index in [1.165, 1.54) is 11.1 Å². The molecule has 42 heavy (non-hydrogen) atoms. The Kier molecular flexibility index (Phi) is 14.2. The van der Waals surface area contributed by atoms with E-state index >= 15 is 0 Å². The molecule has 3 aromatic carbocycles. The van der Waals surface area contributed by atoms with Crippen LogP contribution in [0.1, 0.15) is 18.1 Å². The van der Waals surface area contributed by atoms with E-state index in [0.717, 1.165) is 33.6 Å². The number of anilines is 1. The number of hydrogen-bond donors (Lipinski definition) is 2. The maximum absolute atomic E-state index is 6.34. The molecular weight excluding hydrogens is 510 g/mol. The molecule has 3 nitrogen and oxygen atoms in total. The van der Waals surface area contributed by atoms with E-state index in [9.17, 15) is 0 Å². The van der Waals surface area contributed by atoms with Gasteiger partial charge in [-0.2, -0.15) is 0 Å². The standard InChI is InChI=1S/C25H23N.C14H20N2/c1-3-4-5-7-12-21-14-13-19(2)17-23(21)24-18-22(15-16-25(24)26)20-10-8-6-9-11-20;1-5-7-8-9-10-12-14(15)16(4)13(3)11-6-2/h3-18H,1,26H2,2H3;5-12H,1,3,15H2,2,4H3/b5-4-,12-7-;8-7+,10-9-,11-6-,14-12+. The maximum Gasteiger partial charge on any atom is 0.103 e. The first kappa shape index (κ1) is 32.9. The summed E-state index contributed by atoms with van der Waals surface area (Å²) < 4.78 is 0. The fraction of sp³-hybridized carbons (Fsp3) is 0.0769. The Labute approximate surface area is 252 Å². The molecule has 3 aromatic rings. The summed E-state index contributed by atoms with van der Waals surface area (Å²) in [5, 5.41) is 0. The molecule has 214 valence electrons. The van der Waals surface area contributed by atoms with Crippen LogP contribution in [-0.4, -0.2) is 11.9 Å². The maximum atomic E-state index is 6.34. The van der Waals surface area contributed by atoms with Crippen LogP contribution >= 0.6 is 0 Å². The predicted molar refractivity (Wildman–Crippen MR) is 187 cm³/mol. The monoisotopic (exact) mass is 553 g/mol. The average Bonchev–Trinajstić information content (AvgIpc) is 3.00. The first-order chi connectivity index (χ1) is 20.3. The number of nitrogens with zero attached hydrogens (tertiary/aromatic N) is 1. The molecule has 0 aliphatic rings. The highest BCUT2D eigenvalue weighted by molar-refractivity contribution is 5.86. The van der Waals surface area contributed by atoms with E-state index in [4.69, 9.17) is 11.5 Å². The number of allylic oxidation sites excluding steroid dienone is 12. The molecule has 0 bridgehead atoms. The van der Waals surface area contributed by atoms with E-state index < -0.39 is 0 Å². The highest BCUT2D eigenvalue weighted by Crippen LogP contribution is 2.34. The Morgan fingerprint density at radius 3 is 2.10 bits per heavy atom. The summed E-state index contributed by atoms with van der Waals surface area (Å²) in [6, 6.07) is 23.1. The van der Waals surface area contributed by atoms with Crippen molar-refractivity contribution in [2.24, 2.45) is 5.73 Å². The summed E-state index contributed by atoms with van der Waals surface area (Å²) in [5.74, 6) is 0.645. The van der Waals surface area contributed by atoms with Gasteiger partial charge in [0.2, 0.25) is 0 Å². The SMILES string of the molecule is C=C/C=C/C=C\C=C(/N)N(C)C(=C)/C=C\C.C=C/C=C\C=C/c1ccc(C)cc1-c1cc(-c2ccccc2)ccc1N. The van der Waals surface area contributed by atoms with Crippen LogP contribution in [-0.2, 0) is 0 Å². The van der Waals surface area contributed by atoms with Crippen LogP contribution in [0.2, 0.25) is 0 Å². The van der Waals surface area contributed by atoms with Gasteiger partial charge in [0, 0.05) is 24.0 Å². The Balaban J connectivity index is 0.000000334. The van der Waals surface area contributed by atoms with Gasteiger partial charge < -0.3 is 16.4 Å². The Bertz CT molecular complexity index is 1510. The first-order valence-electron chi connectivity index (χ1n) is 13.8. The van der Waals surface area contributed by atoms with E-state index in [0.29, 0.717) is 5.82 Å². The minimum absolute atomic E-state index is 0.645. The second-order valence-electron chi connectivity index (χ2n) is 9.39. The molecule has 0 atom stereocenters. The third-order valence-corrected chi connectivity index (χ3v) is 6.21. The molecular formula is C39H43N3. The zero-order valence-electron chi connectivity index (χ0n) is 25.1. The lowest BCUT2D eigenvalue weighted by molar-refractivity contribution is 0.531. The predicted octanol–water partition coefficient (Wildman–Crippen LogP) is 9.77. The number of benzene rings is 3. The normalized spacial score (nSPS) is 11.8. The molecule has 0 saturated heterocycles. The topological polar surface area (TPSA) is 55.3 Å². The van der Waals surface area contributed by atoms with Crippen molar-refractivity contribution in [3.8, 4) is 22.3 Å². The molecule has 0 radical (unpaired) electrons. The van der Waals surface area contributed by atoms with Gasteiger partial charge in [-0.25, -0.2) is 0 Å². The summed E-state index contributed by atoms with van der Waals surface area (Å²) >= 11 is 0. The molecule has 0 fully saturated rings. The Morgan fingerprint density at radius 1 is 0.762 bits per heavy atom. The van der Waals surface area contributed by atoms with Crippen LogP contribution in [0.5, 0.6) is 0 Å². The van der Waals surface area contributed by atoms with Crippen molar-refractivity contribution in [3.05, 3.63) is 182 Å². The second kappa shape index (κ2) is 18.1. The van der Waals surface area contributed by atoms with Crippen LogP contribution < -0.4 is 11.5 Å². The van der Waals surface area contributed by atoms with Gasteiger partial charge in [0.15, 0.2) is 0 Å². The number of nitrogen functional groups attached to an aromatic ring is 1. The van der Waals surface area contributed by atoms with Crippen molar-refractivity contribution in [3.63, 3.8) is 0 Å². The van der Waals surface area contributed by atoms with Gasteiger partial charge in [0.25, 0.3) is 0 Å². The molecule has 3 rings (SSSR count). The molecule has 0 unspecified atom stereocenters. The summed E-state index contributed by atoms with van der Waals surface area (Å²) in [4.78, 5) is 1.82. The van der Waals surface area contributed by atoms with E-state index in [2.05, 4.69) is 87.3 Å². The third kappa shape index (κ3) is 10.7. The molecule has 0 spiro atoms. The molecule has 0 heterocycles. The van der Waals surface area contributed by atoms with Crippen LogP contribution in [0, 0.1) is 6.92 Å². The Hall–Kier alpha value is -5.28. The first-order valence-corrected chi connectivity index (χ1v) is 13.8. The van der Waals surface area contributed by atoms with Gasteiger partial charge in [-0.15, -0.1) is 0 Å². The number of aryl methyl sites for hydroxylation is 1. The van der Waals surface area contributed by atoms with Gasteiger partial charge in [-0.3, -0.25) is 0 Å². The minimum atomic E-state index is 0.645. The minimum Gasteiger partial charge on any atom is -0.398 e. The lowest BCUT2D eigenvalue weighted by Gasteiger charge is -2.18. The zero-order valence-corrected chi connectivity index (χ0v) is 25.1. The third-order valence-electron chi connectivity index (χ3n) is 6.21. The van der Waals surface area contributed by atoms with Crippen LogP contribution in [0.15, 0.2) is 171 Å². The van der Waals surface area contributed by atoms with Crippen LogP contribution in [0.25, 0.3) is 28.3 Å². The van der Waals surface area contributed by atoms with Crippen molar-refractivity contribution in [2.75, 3.05) is 12.8 Å². The number of nitrogens with two attached hydrogens (primary N) is 2. The fourth-order valence-electron chi connectivity index (χ4n) is 3.89. The highest BCUT2D eigenvalue weighted by atomic mass is 15.2. The molecule has 4 N–H and O–H groups in total. The molecule has 0 saturated carbocycles. The zero-order chi connectivity index (χ0) is 30.7. The summed E-state index contributed by atoms with van der Waals surface area (Å²) in [6.45, 7) is 15.2. The largest absolute Gasteiger partial charge is 0.398 e. The molecule has 0 amide bonds.